The van der Waals surface area contributed by atoms with Crippen molar-refractivity contribution in [1.82, 2.24) is 0 Å². The molecule has 0 bridgehead atoms. The Kier molecular flexibility index (Phi) is 3.78. The average molecular weight is 297 g/mol. The Morgan fingerprint density at radius 3 is 2.45 bits per heavy atom. The number of anilines is 1. The number of hydrogen-bond acceptors (Lipinski definition) is 4. The van der Waals surface area contributed by atoms with Crippen LogP contribution in [0.25, 0.3) is 0 Å². The van der Waals surface area contributed by atoms with Gasteiger partial charge in [0.05, 0.1) is 5.56 Å². The van der Waals surface area contributed by atoms with Crippen molar-refractivity contribution in [3.05, 3.63) is 53.6 Å². The van der Waals surface area contributed by atoms with Gasteiger partial charge >= 0.3 is 0 Å². The molecular formula is C17H15NO4. The molecule has 5 heteroatoms. The van der Waals surface area contributed by atoms with Crippen molar-refractivity contribution in [2.45, 2.75) is 6.92 Å². The smallest absolute Gasteiger partial charge is 0.259 e. The lowest BCUT2D eigenvalue weighted by Gasteiger charge is -2.20. The van der Waals surface area contributed by atoms with Crippen LogP contribution in [0.5, 0.6) is 11.5 Å². The van der Waals surface area contributed by atoms with E-state index in [1.807, 2.05) is 0 Å². The summed E-state index contributed by atoms with van der Waals surface area (Å²) in [6.45, 7) is 2.40. The van der Waals surface area contributed by atoms with Gasteiger partial charge in [-0.2, -0.15) is 0 Å². The monoisotopic (exact) mass is 297 g/mol. The lowest BCUT2D eigenvalue weighted by Crippen LogP contribution is -2.20. The zero-order valence-electron chi connectivity index (χ0n) is 12.1. The van der Waals surface area contributed by atoms with Crippen LogP contribution in [-0.2, 0) is 0 Å². The summed E-state index contributed by atoms with van der Waals surface area (Å²) in [5.41, 5.74) is 1.64. The predicted octanol–water partition coefficient (Wildman–Crippen LogP) is 2.91. The molecule has 0 spiro atoms. The van der Waals surface area contributed by atoms with Gasteiger partial charge in [0.15, 0.2) is 17.3 Å². The van der Waals surface area contributed by atoms with Gasteiger partial charge in [0.1, 0.15) is 13.2 Å². The number of fused-ring (bicyclic) bond motifs is 1. The van der Waals surface area contributed by atoms with Crippen LogP contribution in [0.1, 0.15) is 27.6 Å². The van der Waals surface area contributed by atoms with Crippen LogP contribution in [0.4, 0.5) is 5.69 Å². The first-order valence-electron chi connectivity index (χ1n) is 6.96. The molecule has 22 heavy (non-hydrogen) atoms. The predicted molar refractivity (Wildman–Crippen MR) is 81.8 cm³/mol. The maximum atomic E-state index is 12.4. The number of rotatable bonds is 3. The highest BCUT2D eigenvalue weighted by atomic mass is 16.6. The second kappa shape index (κ2) is 5.89. The van der Waals surface area contributed by atoms with Crippen LogP contribution >= 0.6 is 0 Å². The van der Waals surface area contributed by atoms with Crippen LogP contribution in [0.3, 0.4) is 0 Å². The zero-order valence-corrected chi connectivity index (χ0v) is 12.1. The van der Waals surface area contributed by atoms with Gasteiger partial charge in [0, 0.05) is 11.3 Å². The Hall–Kier alpha value is -2.82. The number of para-hydroxylation sites is 1. The summed E-state index contributed by atoms with van der Waals surface area (Å²) >= 11 is 0. The van der Waals surface area contributed by atoms with E-state index >= 15 is 0 Å². The van der Waals surface area contributed by atoms with E-state index < -0.39 is 0 Å². The molecule has 0 aliphatic carbocycles. The summed E-state index contributed by atoms with van der Waals surface area (Å²) in [7, 11) is 0. The van der Waals surface area contributed by atoms with Crippen molar-refractivity contribution >= 4 is 17.4 Å². The van der Waals surface area contributed by atoms with E-state index in [0.29, 0.717) is 41.5 Å². The molecular weight excluding hydrogens is 282 g/mol. The van der Waals surface area contributed by atoms with E-state index in [4.69, 9.17) is 9.47 Å². The summed E-state index contributed by atoms with van der Waals surface area (Å²) in [6, 6.07) is 12.0. The quantitative estimate of drug-likeness (QED) is 0.885. The van der Waals surface area contributed by atoms with Crippen molar-refractivity contribution in [2.75, 3.05) is 18.5 Å². The van der Waals surface area contributed by atoms with Crippen LogP contribution in [-0.4, -0.2) is 24.9 Å². The second-order valence-electron chi connectivity index (χ2n) is 4.92. The highest BCUT2D eigenvalue weighted by molar-refractivity contribution is 6.07. The Morgan fingerprint density at radius 2 is 1.73 bits per heavy atom. The molecule has 5 nitrogen and oxygen atoms in total. The van der Waals surface area contributed by atoms with Gasteiger partial charge < -0.3 is 14.8 Å². The second-order valence-corrected chi connectivity index (χ2v) is 4.92. The fraction of sp³-hybridized carbons (Fsp3) is 0.176. The van der Waals surface area contributed by atoms with Crippen LogP contribution in [0.2, 0.25) is 0 Å². The number of amides is 1. The molecule has 1 aliphatic rings. The van der Waals surface area contributed by atoms with Gasteiger partial charge in [-0.05, 0) is 43.3 Å². The topological polar surface area (TPSA) is 64.6 Å². The molecule has 1 heterocycles. The minimum Gasteiger partial charge on any atom is -0.486 e. The molecule has 3 rings (SSSR count). The van der Waals surface area contributed by atoms with Crippen molar-refractivity contribution in [1.29, 1.82) is 0 Å². The van der Waals surface area contributed by atoms with E-state index in [1.54, 1.807) is 42.5 Å². The highest BCUT2D eigenvalue weighted by Crippen LogP contribution is 2.33. The minimum atomic E-state index is -0.280. The van der Waals surface area contributed by atoms with Crippen molar-refractivity contribution in [3.8, 4) is 11.5 Å². The number of nitrogens with one attached hydrogen (secondary N) is 1. The maximum absolute atomic E-state index is 12.4. The molecule has 112 valence electrons. The van der Waals surface area contributed by atoms with E-state index in [-0.39, 0.29) is 11.7 Å². The van der Waals surface area contributed by atoms with E-state index in [9.17, 15) is 9.59 Å². The fourth-order valence-electron chi connectivity index (χ4n) is 2.24. The number of Topliss-reactive ketones (excluding diaryl/α,β-unsaturated/α-hetero) is 1. The van der Waals surface area contributed by atoms with Gasteiger partial charge in [-0.1, -0.05) is 6.07 Å². The summed E-state index contributed by atoms with van der Waals surface area (Å²) in [5, 5.41) is 2.79. The number of ketones is 1. The first kappa shape index (κ1) is 14.1. The highest BCUT2D eigenvalue weighted by Gasteiger charge is 2.20. The van der Waals surface area contributed by atoms with Gasteiger partial charge in [-0.15, -0.1) is 0 Å². The molecule has 2 aromatic carbocycles. The number of ether oxygens (including phenoxy) is 2. The Bertz CT molecular complexity index is 722. The normalized spacial score (nSPS) is 12.6. The third-order valence-corrected chi connectivity index (χ3v) is 3.36. The van der Waals surface area contributed by atoms with Crippen molar-refractivity contribution in [3.63, 3.8) is 0 Å². The standard InChI is InChI=1S/C17H15NO4/c1-11(19)12-5-7-13(8-6-12)18-17(20)14-3-2-4-15-16(14)22-10-9-21-15/h2-8H,9-10H2,1H3,(H,18,20). The van der Waals surface area contributed by atoms with Crippen molar-refractivity contribution < 1.29 is 19.1 Å². The van der Waals surface area contributed by atoms with Gasteiger partial charge in [-0.25, -0.2) is 0 Å². The molecule has 0 saturated heterocycles. The Labute approximate surface area is 127 Å². The first-order chi connectivity index (χ1) is 10.6. The van der Waals surface area contributed by atoms with E-state index in [0.717, 1.165) is 0 Å². The summed E-state index contributed by atoms with van der Waals surface area (Å²) < 4.78 is 11.0. The Balaban J connectivity index is 1.81. The number of hydrogen-bond donors (Lipinski definition) is 1. The molecule has 1 aliphatic heterocycles. The minimum absolute atomic E-state index is 0.0134. The average Bonchev–Trinajstić information content (AvgIpc) is 2.54. The lowest BCUT2D eigenvalue weighted by molar-refractivity contribution is 0.100. The molecule has 0 unspecified atom stereocenters. The van der Waals surface area contributed by atoms with Crippen molar-refractivity contribution in [2.24, 2.45) is 0 Å². The maximum Gasteiger partial charge on any atom is 0.259 e. The van der Waals surface area contributed by atoms with Crippen LogP contribution < -0.4 is 14.8 Å². The first-order valence-corrected chi connectivity index (χ1v) is 6.96. The SMILES string of the molecule is CC(=O)c1ccc(NC(=O)c2cccc3c2OCCO3)cc1. The van der Waals surface area contributed by atoms with Gasteiger partial charge in [-0.3, -0.25) is 9.59 Å². The number of carbonyl (C=O) groups excluding carboxylic acids is 2. The molecule has 0 saturated carbocycles. The summed E-state index contributed by atoms with van der Waals surface area (Å²) in [4.78, 5) is 23.6. The third-order valence-electron chi connectivity index (χ3n) is 3.36. The van der Waals surface area contributed by atoms with E-state index in [1.165, 1.54) is 6.92 Å². The van der Waals surface area contributed by atoms with Crippen LogP contribution in [0.15, 0.2) is 42.5 Å². The van der Waals surface area contributed by atoms with Crippen LogP contribution in [0, 0.1) is 0 Å². The molecule has 1 N–H and O–H groups in total. The van der Waals surface area contributed by atoms with Gasteiger partial charge in [0.25, 0.3) is 5.91 Å². The molecule has 0 aromatic heterocycles. The molecule has 0 radical (unpaired) electrons. The fourth-order valence-corrected chi connectivity index (χ4v) is 2.24. The molecule has 2 aromatic rings. The largest absolute Gasteiger partial charge is 0.486 e. The number of carbonyl (C=O) groups is 2. The lowest BCUT2D eigenvalue weighted by atomic mass is 10.1. The summed E-state index contributed by atoms with van der Waals surface area (Å²) in [5.74, 6) is 0.746. The Morgan fingerprint density at radius 1 is 1.00 bits per heavy atom. The molecule has 1 amide bonds. The zero-order chi connectivity index (χ0) is 15.5. The number of benzene rings is 2. The molecule has 0 fully saturated rings. The third kappa shape index (κ3) is 2.79. The van der Waals surface area contributed by atoms with E-state index in [2.05, 4.69) is 5.32 Å². The van der Waals surface area contributed by atoms with Gasteiger partial charge in [0.2, 0.25) is 0 Å². The molecule has 0 atom stereocenters. The summed E-state index contributed by atoms with van der Waals surface area (Å²) in [6.07, 6.45) is 0.